The van der Waals surface area contributed by atoms with Gasteiger partial charge in [0.25, 0.3) is 0 Å². The van der Waals surface area contributed by atoms with Crippen LogP contribution in [0.15, 0.2) is 24.3 Å². The molecule has 106 valence electrons. The topological polar surface area (TPSA) is 41.1 Å². The summed E-state index contributed by atoms with van der Waals surface area (Å²) >= 11 is 5.84. The minimum Gasteiger partial charge on any atom is -0.350 e. The molecule has 1 rings (SSSR count). The number of amides is 1. The number of hydrogen-bond acceptors (Lipinski definition) is 2. The minimum atomic E-state index is 0.0165. The summed E-state index contributed by atoms with van der Waals surface area (Å²) in [6.07, 6.45) is 1.41. The molecule has 0 aromatic heterocycles. The Bertz CT molecular complexity index is 390. The highest BCUT2D eigenvalue weighted by Gasteiger charge is 2.09. The van der Waals surface area contributed by atoms with Crippen molar-refractivity contribution in [3.63, 3.8) is 0 Å². The number of carbonyl (C=O) groups excluding carboxylic acids is 1. The van der Waals surface area contributed by atoms with Crippen molar-refractivity contribution >= 4 is 17.5 Å². The Hall–Kier alpha value is -1.06. The number of nitrogens with one attached hydrogen (secondary N) is 2. The van der Waals surface area contributed by atoms with E-state index in [1.165, 1.54) is 0 Å². The zero-order valence-corrected chi connectivity index (χ0v) is 12.6. The predicted molar refractivity (Wildman–Crippen MR) is 80.4 cm³/mol. The van der Waals surface area contributed by atoms with Crippen LogP contribution in [0.4, 0.5) is 0 Å². The van der Waals surface area contributed by atoms with Gasteiger partial charge in [-0.3, -0.25) is 4.79 Å². The fraction of sp³-hybridized carbons (Fsp3) is 0.533. The lowest BCUT2D eigenvalue weighted by atomic mass is 10.1. The standard InChI is InChI=1S/C15H23ClN2O/c1-11(2)17-10-4-5-15(19)18-12(3)13-6-8-14(16)9-7-13/h6-9,11-12,17H,4-5,10H2,1-3H3,(H,18,19)/t12-/m0/s1. The summed E-state index contributed by atoms with van der Waals surface area (Å²) in [5.41, 5.74) is 1.07. The fourth-order valence-electron chi connectivity index (χ4n) is 1.79. The van der Waals surface area contributed by atoms with Gasteiger partial charge in [-0.05, 0) is 37.6 Å². The molecular weight excluding hydrogens is 260 g/mol. The average molecular weight is 283 g/mol. The first-order chi connectivity index (χ1) is 8.99. The van der Waals surface area contributed by atoms with Crippen molar-refractivity contribution in [3.05, 3.63) is 34.9 Å². The van der Waals surface area contributed by atoms with Crippen LogP contribution in [0.5, 0.6) is 0 Å². The lowest BCUT2D eigenvalue weighted by Gasteiger charge is -2.14. The van der Waals surface area contributed by atoms with Gasteiger partial charge in [0.1, 0.15) is 0 Å². The summed E-state index contributed by atoms with van der Waals surface area (Å²) in [5, 5.41) is 7.00. The Kier molecular flexibility index (Phi) is 6.89. The maximum atomic E-state index is 11.8. The maximum absolute atomic E-state index is 11.8. The quantitative estimate of drug-likeness (QED) is 0.754. The largest absolute Gasteiger partial charge is 0.350 e. The molecule has 1 aromatic rings. The SMILES string of the molecule is CC(C)NCCCC(=O)N[C@@H](C)c1ccc(Cl)cc1. The fourth-order valence-corrected chi connectivity index (χ4v) is 1.91. The van der Waals surface area contributed by atoms with E-state index in [9.17, 15) is 4.79 Å². The van der Waals surface area contributed by atoms with Crippen molar-refractivity contribution in [2.75, 3.05) is 6.54 Å². The van der Waals surface area contributed by atoms with Gasteiger partial charge >= 0.3 is 0 Å². The molecule has 3 nitrogen and oxygen atoms in total. The van der Waals surface area contributed by atoms with Crippen molar-refractivity contribution in [2.45, 2.75) is 45.7 Å². The number of hydrogen-bond donors (Lipinski definition) is 2. The minimum absolute atomic E-state index is 0.0165. The van der Waals surface area contributed by atoms with Gasteiger partial charge in [-0.2, -0.15) is 0 Å². The van der Waals surface area contributed by atoms with Crippen LogP contribution >= 0.6 is 11.6 Å². The van der Waals surface area contributed by atoms with Crippen LogP contribution in [0, 0.1) is 0 Å². The summed E-state index contributed by atoms with van der Waals surface area (Å²) in [6.45, 7) is 7.05. The Balaban J connectivity index is 2.29. The lowest BCUT2D eigenvalue weighted by Crippen LogP contribution is -2.28. The monoisotopic (exact) mass is 282 g/mol. The molecule has 0 radical (unpaired) electrons. The second-order valence-corrected chi connectivity index (χ2v) is 5.49. The molecule has 1 aromatic carbocycles. The number of rotatable bonds is 7. The van der Waals surface area contributed by atoms with Crippen LogP contribution in [0.2, 0.25) is 5.02 Å². The van der Waals surface area contributed by atoms with Crippen LogP contribution in [-0.4, -0.2) is 18.5 Å². The second-order valence-electron chi connectivity index (χ2n) is 5.05. The van der Waals surface area contributed by atoms with E-state index in [4.69, 9.17) is 11.6 Å². The number of carbonyl (C=O) groups is 1. The van der Waals surface area contributed by atoms with Crippen LogP contribution in [0.1, 0.15) is 45.2 Å². The number of halogens is 1. The van der Waals surface area contributed by atoms with Gasteiger partial charge in [-0.1, -0.05) is 37.6 Å². The summed E-state index contributed by atoms with van der Waals surface area (Å²) < 4.78 is 0. The van der Waals surface area contributed by atoms with Crippen molar-refractivity contribution < 1.29 is 4.79 Å². The van der Waals surface area contributed by atoms with Gasteiger partial charge in [0.15, 0.2) is 0 Å². The van der Waals surface area contributed by atoms with Gasteiger partial charge in [0, 0.05) is 17.5 Å². The molecule has 4 heteroatoms. The molecule has 0 unspecified atom stereocenters. The van der Waals surface area contributed by atoms with Crippen LogP contribution in [0.3, 0.4) is 0 Å². The molecule has 0 heterocycles. The van der Waals surface area contributed by atoms with Gasteiger partial charge in [0.05, 0.1) is 6.04 Å². The first-order valence-electron chi connectivity index (χ1n) is 6.77. The molecule has 0 aliphatic carbocycles. The van der Waals surface area contributed by atoms with E-state index in [1.807, 2.05) is 31.2 Å². The zero-order valence-electron chi connectivity index (χ0n) is 11.9. The zero-order chi connectivity index (χ0) is 14.3. The van der Waals surface area contributed by atoms with Crippen LogP contribution in [0.25, 0.3) is 0 Å². The molecule has 0 bridgehead atoms. The molecule has 0 saturated heterocycles. The van der Waals surface area contributed by atoms with Gasteiger partial charge in [-0.25, -0.2) is 0 Å². The van der Waals surface area contributed by atoms with Crippen LogP contribution < -0.4 is 10.6 Å². The molecule has 2 N–H and O–H groups in total. The highest BCUT2D eigenvalue weighted by molar-refractivity contribution is 6.30. The molecule has 19 heavy (non-hydrogen) atoms. The number of benzene rings is 1. The summed E-state index contributed by atoms with van der Waals surface area (Å²) in [5.74, 6) is 0.0907. The first kappa shape index (κ1) is 16.0. The normalized spacial score (nSPS) is 12.5. The molecule has 0 aliphatic rings. The Morgan fingerprint density at radius 3 is 2.42 bits per heavy atom. The summed E-state index contributed by atoms with van der Waals surface area (Å²) in [4.78, 5) is 11.8. The Morgan fingerprint density at radius 1 is 1.21 bits per heavy atom. The molecule has 0 saturated carbocycles. The smallest absolute Gasteiger partial charge is 0.220 e. The second kappa shape index (κ2) is 8.18. The molecule has 0 fully saturated rings. The van der Waals surface area contributed by atoms with E-state index in [2.05, 4.69) is 24.5 Å². The molecule has 1 atom stereocenters. The van der Waals surface area contributed by atoms with E-state index >= 15 is 0 Å². The third-order valence-corrected chi connectivity index (χ3v) is 3.13. The molecule has 1 amide bonds. The van der Waals surface area contributed by atoms with E-state index in [1.54, 1.807) is 0 Å². The molecule has 0 spiro atoms. The van der Waals surface area contributed by atoms with Gasteiger partial charge < -0.3 is 10.6 Å². The van der Waals surface area contributed by atoms with E-state index in [-0.39, 0.29) is 11.9 Å². The molecular formula is C15H23ClN2O. The van der Waals surface area contributed by atoms with Crippen LogP contribution in [-0.2, 0) is 4.79 Å². The third kappa shape index (κ3) is 6.60. The van der Waals surface area contributed by atoms with E-state index in [0.717, 1.165) is 18.5 Å². The van der Waals surface area contributed by atoms with Gasteiger partial charge in [-0.15, -0.1) is 0 Å². The summed E-state index contributed by atoms with van der Waals surface area (Å²) in [7, 11) is 0. The average Bonchev–Trinajstić information content (AvgIpc) is 2.35. The Labute approximate surface area is 120 Å². The highest BCUT2D eigenvalue weighted by Crippen LogP contribution is 2.16. The maximum Gasteiger partial charge on any atom is 0.220 e. The molecule has 0 aliphatic heterocycles. The van der Waals surface area contributed by atoms with Crippen molar-refractivity contribution in [1.29, 1.82) is 0 Å². The Morgan fingerprint density at radius 2 is 1.84 bits per heavy atom. The van der Waals surface area contributed by atoms with Crippen molar-refractivity contribution in [3.8, 4) is 0 Å². The van der Waals surface area contributed by atoms with Gasteiger partial charge in [0.2, 0.25) is 5.91 Å². The summed E-state index contributed by atoms with van der Waals surface area (Å²) in [6, 6.07) is 8.04. The third-order valence-electron chi connectivity index (χ3n) is 2.88. The van der Waals surface area contributed by atoms with E-state index in [0.29, 0.717) is 17.5 Å². The van der Waals surface area contributed by atoms with E-state index < -0.39 is 0 Å². The van der Waals surface area contributed by atoms with Crippen molar-refractivity contribution in [1.82, 2.24) is 10.6 Å². The van der Waals surface area contributed by atoms with Crippen molar-refractivity contribution in [2.24, 2.45) is 0 Å². The lowest BCUT2D eigenvalue weighted by molar-refractivity contribution is -0.121. The first-order valence-corrected chi connectivity index (χ1v) is 7.15. The predicted octanol–water partition coefficient (Wildman–Crippen LogP) is 3.30. The highest BCUT2D eigenvalue weighted by atomic mass is 35.5.